The number of methoxy groups -OCH3 is 2. The van der Waals surface area contributed by atoms with Crippen molar-refractivity contribution >= 4 is 12.0 Å². The SMILES string of the molecule is COc1cc(CNC(=O)c2cccn2C2CCN(C(=O)OC(C)(C)C)CC2)cc(OC)c1. The lowest BCUT2D eigenvalue weighted by molar-refractivity contribution is 0.0187. The number of likely N-dealkylation sites (tertiary alicyclic amines) is 1. The first-order valence-corrected chi connectivity index (χ1v) is 10.8. The van der Waals surface area contributed by atoms with Gasteiger partial charge in [-0.25, -0.2) is 4.79 Å². The largest absolute Gasteiger partial charge is 0.497 e. The van der Waals surface area contributed by atoms with E-state index in [-0.39, 0.29) is 18.0 Å². The zero-order valence-corrected chi connectivity index (χ0v) is 19.5. The van der Waals surface area contributed by atoms with Gasteiger partial charge >= 0.3 is 6.09 Å². The number of hydrogen-bond donors (Lipinski definition) is 1. The Balaban J connectivity index is 1.60. The number of nitrogens with zero attached hydrogens (tertiary/aromatic N) is 2. The van der Waals surface area contributed by atoms with Crippen LogP contribution in [0.5, 0.6) is 11.5 Å². The second-order valence-corrected chi connectivity index (χ2v) is 8.90. The first-order chi connectivity index (χ1) is 15.2. The molecule has 1 aliphatic heterocycles. The summed E-state index contributed by atoms with van der Waals surface area (Å²) < 4.78 is 18.1. The van der Waals surface area contributed by atoms with Crippen LogP contribution in [0, 0.1) is 0 Å². The van der Waals surface area contributed by atoms with Crippen LogP contribution >= 0.6 is 0 Å². The Kier molecular flexibility index (Phi) is 7.33. The number of nitrogens with one attached hydrogen (secondary N) is 1. The summed E-state index contributed by atoms with van der Waals surface area (Å²) in [6, 6.07) is 9.38. The molecule has 0 atom stereocenters. The average Bonchev–Trinajstić information content (AvgIpc) is 3.26. The van der Waals surface area contributed by atoms with E-state index in [1.807, 2.05) is 55.8 Å². The summed E-state index contributed by atoms with van der Waals surface area (Å²) in [5.41, 5.74) is 0.987. The molecule has 0 unspecified atom stereocenters. The molecule has 1 aromatic heterocycles. The van der Waals surface area contributed by atoms with E-state index in [0.29, 0.717) is 36.8 Å². The summed E-state index contributed by atoms with van der Waals surface area (Å²) in [6.45, 7) is 7.15. The molecule has 0 saturated carbocycles. The quantitative estimate of drug-likeness (QED) is 0.730. The molecule has 1 aliphatic rings. The van der Waals surface area contributed by atoms with Gasteiger partial charge in [0.1, 0.15) is 22.8 Å². The molecule has 0 spiro atoms. The van der Waals surface area contributed by atoms with Gasteiger partial charge in [-0.2, -0.15) is 0 Å². The highest BCUT2D eigenvalue weighted by Crippen LogP contribution is 2.26. The number of benzene rings is 1. The second kappa shape index (κ2) is 9.97. The fraction of sp³-hybridized carbons (Fsp3) is 0.500. The standard InChI is InChI=1S/C24H33N3O5/c1-24(2,3)32-23(29)26-11-8-18(9-12-26)27-10-6-7-21(27)22(28)25-16-17-13-19(30-4)15-20(14-17)31-5/h6-7,10,13-15,18H,8-9,11-12,16H2,1-5H3,(H,25,28). The molecule has 0 radical (unpaired) electrons. The minimum Gasteiger partial charge on any atom is -0.497 e. The molecule has 174 valence electrons. The van der Waals surface area contributed by atoms with Crippen LogP contribution in [0.3, 0.4) is 0 Å². The molecule has 0 bridgehead atoms. The predicted molar refractivity (Wildman–Crippen MR) is 121 cm³/mol. The van der Waals surface area contributed by atoms with Crippen LogP contribution in [0.15, 0.2) is 36.5 Å². The number of aromatic nitrogens is 1. The van der Waals surface area contributed by atoms with Gasteiger partial charge in [0.05, 0.1) is 14.2 Å². The fourth-order valence-corrected chi connectivity index (χ4v) is 3.80. The molecule has 1 fully saturated rings. The van der Waals surface area contributed by atoms with Crippen LogP contribution in [-0.2, 0) is 11.3 Å². The highest BCUT2D eigenvalue weighted by atomic mass is 16.6. The Labute approximate surface area is 189 Å². The summed E-state index contributed by atoms with van der Waals surface area (Å²) >= 11 is 0. The Morgan fingerprint density at radius 1 is 1.06 bits per heavy atom. The smallest absolute Gasteiger partial charge is 0.410 e. The van der Waals surface area contributed by atoms with Crippen molar-refractivity contribution in [3.8, 4) is 11.5 Å². The molecular weight excluding hydrogens is 410 g/mol. The molecule has 8 heteroatoms. The summed E-state index contributed by atoms with van der Waals surface area (Å²) in [5, 5.41) is 2.98. The zero-order chi connectivity index (χ0) is 23.3. The van der Waals surface area contributed by atoms with Crippen LogP contribution < -0.4 is 14.8 Å². The minimum atomic E-state index is -0.508. The van der Waals surface area contributed by atoms with Gasteiger partial charge in [-0.1, -0.05) is 0 Å². The van der Waals surface area contributed by atoms with Crippen LogP contribution in [0.25, 0.3) is 0 Å². The normalized spacial score (nSPS) is 14.7. The van der Waals surface area contributed by atoms with E-state index in [2.05, 4.69) is 5.32 Å². The van der Waals surface area contributed by atoms with Gasteiger partial charge in [-0.05, 0) is 63.4 Å². The third kappa shape index (κ3) is 5.96. The number of carbonyl (C=O) groups is 2. The highest BCUT2D eigenvalue weighted by molar-refractivity contribution is 5.92. The van der Waals surface area contributed by atoms with Crippen molar-refractivity contribution in [3.63, 3.8) is 0 Å². The lowest BCUT2D eigenvalue weighted by Gasteiger charge is -2.34. The van der Waals surface area contributed by atoms with Gasteiger partial charge in [0.2, 0.25) is 0 Å². The Bertz CT molecular complexity index is 917. The van der Waals surface area contributed by atoms with Gasteiger partial charge in [-0.3, -0.25) is 4.79 Å². The molecule has 2 heterocycles. The lowest BCUT2D eigenvalue weighted by Crippen LogP contribution is -2.42. The van der Waals surface area contributed by atoms with E-state index in [4.69, 9.17) is 14.2 Å². The summed E-state index contributed by atoms with van der Waals surface area (Å²) in [6.07, 6.45) is 3.18. The third-order valence-electron chi connectivity index (χ3n) is 5.39. The monoisotopic (exact) mass is 443 g/mol. The molecule has 1 saturated heterocycles. The Hall–Kier alpha value is -3.16. The fourth-order valence-electron chi connectivity index (χ4n) is 3.80. The molecule has 8 nitrogen and oxygen atoms in total. The van der Waals surface area contributed by atoms with Crippen molar-refractivity contribution in [2.24, 2.45) is 0 Å². The number of hydrogen-bond acceptors (Lipinski definition) is 5. The van der Waals surface area contributed by atoms with Crippen molar-refractivity contribution in [2.75, 3.05) is 27.3 Å². The highest BCUT2D eigenvalue weighted by Gasteiger charge is 2.28. The summed E-state index contributed by atoms with van der Waals surface area (Å²) in [4.78, 5) is 26.9. The third-order valence-corrected chi connectivity index (χ3v) is 5.39. The van der Waals surface area contributed by atoms with Gasteiger partial charge in [-0.15, -0.1) is 0 Å². The minimum absolute atomic E-state index is 0.147. The van der Waals surface area contributed by atoms with Gasteiger partial charge < -0.3 is 29.0 Å². The van der Waals surface area contributed by atoms with E-state index >= 15 is 0 Å². The number of rotatable bonds is 6. The molecule has 0 aliphatic carbocycles. The maximum absolute atomic E-state index is 12.9. The van der Waals surface area contributed by atoms with Gasteiger partial charge in [0, 0.05) is 37.9 Å². The van der Waals surface area contributed by atoms with Gasteiger partial charge in [0.25, 0.3) is 5.91 Å². The maximum Gasteiger partial charge on any atom is 0.410 e. The van der Waals surface area contributed by atoms with E-state index in [1.54, 1.807) is 25.2 Å². The number of piperidine rings is 1. The molecular formula is C24H33N3O5. The van der Waals surface area contributed by atoms with Crippen LogP contribution in [-0.4, -0.2) is 54.4 Å². The first-order valence-electron chi connectivity index (χ1n) is 10.8. The Morgan fingerprint density at radius 2 is 1.69 bits per heavy atom. The van der Waals surface area contributed by atoms with Crippen molar-refractivity contribution in [2.45, 2.75) is 51.8 Å². The second-order valence-electron chi connectivity index (χ2n) is 8.90. The molecule has 1 N–H and O–H groups in total. The van der Waals surface area contributed by atoms with Crippen molar-refractivity contribution in [3.05, 3.63) is 47.8 Å². The van der Waals surface area contributed by atoms with Crippen LogP contribution in [0.4, 0.5) is 4.79 Å². The first kappa shape index (κ1) is 23.5. The number of ether oxygens (including phenoxy) is 3. The molecule has 2 aromatic rings. The number of carbonyl (C=O) groups excluding carboxylic acids is 2. The summed E-state index contributed by atoms with van der Waals surface area (Å²) in [5.74, 6) is 1.20. The van der Waals surface area contributed by atoms with E-state index in [9.17, 15) is 9.59 Å². The molecule has 2 amide bonds. The van der Waals surface area contributed by atoms with E-state index in [1.165, 1.54) is 0 Å². The lowest BCUT2D eigenvalue weighted by atomic mass is 10.0. The van der Waals surface area contributed by atoms with Crippen LogP contribution in [0.2, 0.25) is 0 Å². The maximum atomic E-state index is 12.9. The van der Waals surface area contributed by atoms with E-state index in [0.717, 1.165) is 18.4 Å². The van der Waals surface area contributed by atoms with Crippen molar-refractivity contribution < 1.29 is 23.8 Å². The van der Waals surface area contributed by atoms with Gasteiger partial charge in [0.15, 0.2) is 0 Å². The molecule has 32 heavy (non-hydrogen) atoms. The van der Waals surface area contributed by atoms with Crippen molar-refractivity contribution in [1.29, 1.82) is 0 Å². The molecule has 1 aromatic carbocycles. The van der Waals surface area contributed by atoms with Crippen molar-refractivity contribution in [1.82, 2.24) is 14.8 Å². The molecule has 3 rings (SSSR count). The van der Waals surface area contributed by atoms with Crippen LogP contribution in [0.1, 0.15) is 55.7 Å². The predicted octanol–water partition coefficient (Wildman–Crippen LogP) is 4.01. The topological polar surface area (TPSA) is 82.0 Å². The zero-order valence-electron chi connectivity index (χ0n) is 19.5. The summed E-state index contributed by atoms with van der Waals surface area (Å²) in [7, 11) is 3.19. The Morgan fingerprint density at radius 3 is 2.25 bits per heavy atom. The average molecular weight is 444 g/mol. The van der Waals surface area contributed by atoms with E-state index < -0.39 is 5.60 Å². The number of amides is 2.